The Labute approximate surface area is 115 Å². The first-order valence-electron chi connectivity index (χ1n) is 5.95. The number of halogens is 2. The van der Waals surface area contributed by atoms with Gasteiger partial charge in [-0.1, -0.05) is 37.0 Å². The van der Waals surface area contributed by atoms with Crippen molar-refractivity contribution in [3.63, 3.8) is 0 Å². The highest BCUT2D eigenvalue weighted by Crippen LogP contribution is 2.36. The maximum atomic E-state index is 6.26. The van der Waals surface area contributed by atoms with Gasteiger partial charge in [-0.3, -0.25) is 0 Å². The van der Waals surface area contributed by atoms with Crippen LogP contribution in [0.25, 0.3) is 5.03 Å². The largest absolute Gasteiger partial charge is 0.393 e. The van der Waals surface area contributed by atoms with Gasteiger partial charge in [-0.05, 0) is 36.4 Å². The molecule has 1 nitrogen and oxygen atoms in total. The van der Waals surface area contributed by atoms with Crippen LogP contribution in [0.3, 0.4) is 0 Å². The SMILES string of the molecule is CC[Si](CC)N1CC=C(Cl)c2ccc(Cl)cc21. The molecule has 0 aliphatic carbocycles. The van der Waals surface area contributed by atoms with Gasteiger partial charge < -0.3 is 4.57 Å². The van der Waals surface area contributed by atoms with E-state index in [-0.39, 0.29) is 0 Å². The molecule has 0 spiro atoms. The Morgan fingerprint density at radius 2 is 1.94 bits per heavy atom. The summed E-state index contributed by atoms with van der Waals surface area (Å²) in [4.78, 5) is 0. The van der Waals surface area contributed by atoms with Gasteiger partial charge in [0.05, 0.1) is 0 Å². The van der Waals surface area contributed by atoms with Crippen LogP contribution in [0.2, 0.25) is 17.1 Å². The molecule has 1 aromatic rings. The maximum Gasteiger partial charge on any atom is 0.169 e. The molecular formula is C13H16Cl2NSi. The summed E-state index contributed by atoms with van der Waals surface area (Å²) in [5, 5.41) is 1.63. The lowest BCUT2D eigenvalue weighted by Crippen LogP contribution is -2.40. The van der Waals surface area contributed by atoms with E-state index in [1.165, 1.54) is 17.8 Å². The number of anilines is 1. The molecule has 0 saturated heterocycles. The number of hydrogen-bond acceptors (Lipinski definition) is 1. The molecule has 2 rings (SSSR count). The van der Waals surface area contributed by atoms with E-state index in [0.29, 0.717) is 0 Å². The van der Waals surface area contributed by atoms with Crippen LogP contribution < -0.4 is 4.57 Å². The average molecular weight is 285 g/mol. The Morgan fingerprint density at radius 3 is 2.59 bits per heavy atom. The monoisotopic (exact) mass is 284 g/mol. The van der Waals surface area contributed by atoms with Gasteiger partial charge in [-0.25, -0.2) is 0 Å². The lowest BCUT2D eigenvalue weighted by molar-refractivity contribution is 1.09. The van der Waals surface area contributed by atoms with Gasteiger partial charge in [-0.2, -0.15) is 0 Å². The molecule has 1 aliphatic heterocycles. The first kappa shape index (κ1) is 13.0. The highest BCUT2D eigenvalue weighted by atomic mass is 35.5. The zero-order valence-electron chi connectivity index (χ0n) is 10.1. The van der Waals surface area contributed by atoms with E-state index < -0.39 is 8.96 Å². The molecule has 17 heavy (non-hydrogen) atoms. The summed E-state index contributed by atoms with van der Waals surface area (Å²) in [6, 6.07) is 8.44. The zero-order valence-corrected chi connectivity index (χ0v) is 12.6. The minimum absolute atomic E-state index is 0.504. The Morgan fingerprint density at radius 1 is 1.24 bits per heavy atom. The average Bonchev–Trinajstić information content (AvgIpc) is 2.33. The highest BCUT2D eigenvalue weighted by molar-refractivity contribution is 6.64. The van der Waals surface area contributed by atoms with Crippen molar-refractivity contribution in [2.75, 3.05) is 11.1 Å². The highest BCUT2D eigenvalue weighted by Gasteiger charge is 2.24. The van der Waals surface area contributed by atoms with E-state index in [4.69, 9.17) is 23.2 Å². The van der Waals surface area contributed by atoms with Gasteiger partial charge in [0.25, 0.3) is 0 Å². The standard InChI is InChI=1S/C13H16Cl2NSi/c1-3-17(4-2)16-8-7-12(15)11-6-5-10(14)9-13(11)16/h5-7,9H,3-4,8H2,1-2H3. The molecule has 0 aromatic heterocycles. The molecule has 0 fully saturated rings. The molecule has 0 amide bonds. The Hall–Kier alpha value is -0.443. The van der Waals surface area contributed by atoms with Crippen LogP contribution in [-0.2, 0) is 0 Å². The molecule has 1 radical (unpaired) electrons. The van der Waals surface area contributed by atoms with E-state index in [1.54, 1.807) is 0 Å². The second kappa shape index (κ2) is 5.47. The topological polar surface area (TPSA) is 3.24 Å². The normalized spacial score (nSPS) is 14.9. The molecule has 1 aliphatic rings. The summed E-state index contributed by atoms with van der Waals surface area (Å²) in [5.41, 5.74) is 2.33. The predicted molar refractivity (Wildman–Crippen MR) is 79.3 cm³/mol. The number of rotatable bonds is 3. The van der Waals surface area contributed by atoms with Crippen molar-refractivity contribution < 1.29 is 0 Å². The molecule has 0 N–H and O–H groups in total. The summed E-state index contributed by atoms with van der Waals surface area (Å²) in [6.45, 7) is 5.45. The molecule has 91 valence electrons. The molecule has 0 atom stereocenters. The van der Waals surface area contributed by atoms with Crippen LogP contribution in [0.5, 0.6) is 0 Å². The minimum atomic E-state index is -0.504. The van der Waals surface area contributed by atoms with Crippen molar-refractivity contribution in [1.82, 2.24) is 0 Å². The molecule has 0 unspecified atom stereocenters. The van der Waals surface area contributed by atoms with Crippen molar-refractivity contribution >= 4 is 42.9 Å². The third-order valence-corrected chi connectivity index (χ3v) is 6.57. The lowest BCUT2D eigenvalue weighted by Gasteiger charge is -2.34. The van der Waals surface area contributed by atoms with Gasteiger partial charge >= 0.3 is 0 Å². The van der Waals surface area contributed by atoms with Crippen LogP contribution in [0.1, 0.15) is 19.4 Å². The predicted octanol–water partition coefficient (Wildman–Crippen LogP) is 4.77. The number of benzene rings is 1. The fraction of sp³-hybridized carbons (Fsp3) is 0.385. The fourth-order valence-corrected chi connectivity index (χ4v) is 4.77. The van der Waals surface area contributed by atoms with Crippen LogP contribution >= 0.6 is 23.2 Å². The smallest absolute Gasteiger partial charge is 0.169 e. The van der Waals surface area contributed by atoms with Crippen molar-refractivity contribution in [3.8, 4) is 0 Å². The summed E-state index contributed by atoms with van der Waals surface area (Å²) < 4.78 is 2.50. The van der Waals surface area contributed by atoms with Gasteiger partial charge in [0.1, 0.15) is 0 Å². The Bertz CT molecular complexity index is 441. The van der Waals surface area contributed by atoms with Crippen LogP contribution in [0.15, 0.2) is 24.3 Å². The molecular weight excluding hydrogens is 269 g/mol. The van der Waals surface area contributed by atoms with E-state index in [1.807, 2.05) is 18.2 Å². The first-order chi connectivity index (χ1) is 8.17. The molecule has 1 aromatic carbocycles. The van der Waals surface area contributed by atoms with Crippen molar-refractivity contribution in [2.45, 2.75) is 25.9 Å². The van der Waals surface area contributed by atoms with Gasteiger partial charge in [-0.15, -0.1) is 0 Å². The second-order valence-corrected chi connectivity index (χ2v) is 8.03. The maximum absolute atomic E-state index is 6.26. The quantitative estimate of drug-likeness (QED) is 0.723. The molecule has 0 bridgehead atoms. The summed E-state index contributed by atoms with van der Waals surface area (Å²) >= 11 is 12.4. The van der Waals surface area contributed by atoms with Crippen LogP contribution in [-0.4, -0.2) is 15.5 Å². The second-order valence-electron chi connectivity index (χ2n) is 4.10. The molecule has 1 heterocycles. The van der Waals surface area contributed by atoms with Crippen molar-refractivity contribution in [1.29, 1.82) is 0 Å². The number of nitrogens with zero attached hydrogens (tertiary/aromatic N) is 1. The minimum Gasteiger partial charge on any atom is -0.393 e. The fourth-order valence-electron chi connectivity index (χ4n) is 2.24. The first-order valence-corrected chi connectivity index (χ1v) is 8.57. The van der Waals surface area contributed by atoms with Crippen LogP contribution in [0, 0.1) is 0 Å². The molecule has 0 saturated carbocycles. The third kappa shape index (κ3) is 2.54. The van der Waals surface area contributed by atoms with E-state index >= 15 is 0 Å². The summed E-state index contributed by atoms with van der Waals surface area (Å²) in [5.74, 6) is 0. The zero-order chi connectivity index (χ0) is 12.4. The van der Waals surface area contributed by atoms with Gasteiger partial charge in [0.15, 0.2) is 8.96 Å². The van der Waals surface area contributed by atoms with E-state index in [0.717, 1.165) is 22.2 Å². The number of fused-ring (bicyclic) bond motifs is 1. The Kier molecular flexibility index (Phi) is 4.18. The molecule has 4 heteroatoms. The van der Waals surface area contributed by atoms with Crippen LogP contribution in [0.4, 0.5) is 5.69 Å². The summed E-state index contributed by atoms with van der Waals surface area (Å²) in [7, 11) is -0.504. The Balaban J connectivity index is 2.45. The van der Waals surface area contributed by atoms with E-state index in [9.17, 15) is 0 Å². The summed E-state index contributed by atoms with van der Waals surface area (Å²) in [6.07, 6.45) is 2.10. The van der Waals surface area contributed by atoms with E-state index in [2.05, 4.69) is 24.5 Å². The third-order valence-electron chi connectivity index (χ3n) is 3.16. The van der Waals surface area contributed by atoms with Gasteiger partial charge in [0, 0.05) is 27.9 Å². The van der Waals surface area contributed by atoms with Crippen molar-refractivity contribution in [3.05, 3.63) is 34.9 Å². The lowest BCUT2D eigenvalue weighted by atomic mass is 10.1. The van der Waals surface area contributed by atoms with Gasteiger partial charge in [0.2, 0.25) is 0 Å². The number of hydrogen-bond donors (Lipinski definition) is 0. The van der Waals surface area contributed by atoms with Crippen molar-refractivity contribution in [2.24, 2.45) is 0 Å².